The highest BCUT2D eigenvalue weighted by Gasteiger charge is 2.30. The van der Waals surface area contributed by atoms with Crippen molar-refractivity contribution in [2.24, 2.45) is 0 Å². The van der Waals surface area contributed by atoms with E-state index in [-0.39, 0.29) is 0 Å². The molecule has 1 saturated heterocycles. The maximum Gasteiger partial charge on any atom is 0.118 e. The number of benzene rings is 2. The van der Waals surface area contributed by atoms with E-state index in [1.54, 1.807) is 13.8 Å². The molecule has 36 heavy (non-hydrogen) atoms. The number of nitrogens with zero attached hydrogens (tertiary/aromatic N) is 3. The minimum Gasteiger partial charge on any atom is -0.357 e. The van der Waals surface area contributed by atoms with Gasteiger partial charge in [-0.15, -0.1) is 0 Å². The highest BCUT2D eigenvalue weighted by molar-refractivity contribution is 5.85. The van der Waals surface area contributed by atoms with E-state index in [1.165, 1.54) is 51.8 Å². The van der Waals surface area contributed by atoms with Crippen LogP contribution in [-0.2, 0) is 19.5 Å². The molecule has 1 fully saturated rings. The fraction of sp³-hybridized carbons (Fsp3) is 0.467. The van der Waals surface area contributed by atoms with E-state index >= 15 is 0 Å². The van der Waals surface area contributed by atoms with Crippen LogP contribution in [0.1, 0.15) is 37.7 Å². The molecule has 1 unspecified atom stereocenters. The molecular weight excluding hydrogens is 449 g/mol. The van der Waals surface area contributed by atoms with Crippen LogP contribution in [0.5, 0.6) is 0 Å². The molecule has 4 heterocycles. The molecule has 0 radical (unpaired) electrons. The standard InChI is InChI=1S/C16H21FN2.C14H19N3/c1-11-8-13-12-6-4-5-7-14(12)18-15(13)9-19(11)10-16(2,3)17;1-16(2)13-9-17(10-13)8-12-7-11-5-3-4-6-14(11)15-12/h4-7,11,18H,8-10H2,1-3H3;3-7,13,15H,8-10H2,1-2H3. The third kappa shape index (κ3) is 5.51. The first kappa shape index (κ1) is 25.0. The van der Waals surface area contributed by atoms with E-state index in [4.69, 9.17) is 0 Å². The average Bonchev–Trinajstić information content (AvgIpc) is 3.36. The molecule has 6 heteroatoms. The zero-order chi connectivity index (χ0) is 25.4. The Kier molecular flexibility index (Phi) is 6.95. The van der Waals surface area contributed by atoms with Crippen LogP contribution in [0.3, 0.4) is 0 Å². The third-order valence-corrected chi connectivity index (χ3v) is 7.61. The van der Waals surface area contributed by atoms with Crippen molar-refractivity contribution in [2.75, 3.05) is 33.7 Å². The van der Waals surface area contributed by atoms with Crippen LogP contribution in [0.15, 0.2) is 54.6 Å². The lowest BCUT2D eigenvalue weighted by atomic mass is 9.96. The number of para-hydroxylation sites is 2. The van der Waals surface area contributed by atoms with Crippen molar-refractivity contribution in [1.82, 2.24) is 24.7 Å². The largest absolute Gasteiger partial charge is 0.357 e. The van der Waals surface area contributed by atoms with Crippen molar-refractivity contribution in [3.8, 4) is 0 Å². The second kappa shape index (κ2) is 10.0. The third-order valence-electron chi connectivity index (χ3n) is 7.61. The zero-order valence-corrected chi connectivity index (χ0v) is 22.3. The molecule has 2 aromatic carbocycles. The molecule has 2 N–H and O–H groups in total. The van der Waals surface area contributed by atoms with Gasteiger partial charge in [0.15, 0.2) is 0 Å². The Labute approximate surface area is 214 Å². The van der Waals surface area contributed by atoms with E-state index in [0.29, 0.717) is 12.6 Å². The van der Waals surface area contributed by atoms with Crippen LogP contribution in [0.4, 0.5) is 4.39 Å². The SMILES string of the molecule is CC1Cc2c([nH]c3ccccc23)CN1CC(C)(C)F.CN(C)C1CN(Cc2cc3ccccc3[nH]2)C1. The van der Waals surface area contributed by atoms with Gasteiger partial charge in [0.2, 0.25) is 0 Å². The van der Waals surface area contributed by atoms with Crippen molar-refractivity contribution in [2.45, 2.75) is 58.0 Å². The van der Waals surface area contributed by atoms with E-state index in [0.717, 1.165) is 25.6 Å². The van der Waals surface area contributed by atoms with Crippen LogP contribution in [0.2, 0.25) is 0 Å². The molecule has 5 nitrogen and oxygen atoms in total. The summed E-state index contributed by atoms with van der Waals surface area (Å²) in [6.45, 7) is 10.2. The number of aromatic amines is 2. The smallest absolute Gasteiger partial charge is 0.118 e. The summed E-state index contributed by atoms with van der Waals surface area (Å²) in [6, 6.07) is 20.3. The molecule has 0 aliphatic carbocycles. The van der Waals surface area contributed by atoms with Crippen LogP contribution in [0.25, 0.3) is 21.8 Å². The lowest BCUT2D eigenvalue weighted by Gasteiger charge is -2.42. The van der Waals surface area contributed by atoms with Crippen molar-refractivity contribution in [1.29, 1.82) is 0 Å². The summed E-state index contributed by atoms with van der Waals surface area (Å²) in [5.74, 6) is 0. The van der Waals surface area contributed by atoms with Gasteiger partial charge in [-0.1, -0.05) is 36.4 Å². The Balaban J connectivity index is 0.000000149. The maximum atomic E-state index is 13.9. The van der Waals surface area contributed by atoms with E-state index in [9.17, 15) is 4.39 Å². The number of likely N-dealkylation sites (tertiary alicyclic amines) is 1. The van der Waals surface area contributed by atoms with Gasteiger partial charge < -0.3 is 14.9 Å². The van der Waals surface area contributed by atoms with Gasteiger partial charge in [0.25, 0.3) is 0 Å². The minimum absolute atomic E-state index is 0.390. The Morgan fingerprint density at radius 3 is 2.39 bits per heavy atom. The first-order valence-corrected chi connectivity index (χ1v) is 13.1. The first-order chi connectivity index (χ1) is 17.2. The van der Waals surface area contributed by atoms with E-state index in [2.05, 4.69) is 100 Å². The van der Waals surface area contributed by atoms with Gasteiger partial charge in [-0.05, 0) is 70.4 Å². The molecule has 2 aliphatic rings. The number of likely N-dealkylation sites (N-methyl/N-ethyl adjacent to an activating group) is 1. The Morgan fingerprint density at radius 2 is 1.69 bits per heavy atom. The second-order valence-electron chi connectivity index (χ2n) is 11.5. The van der Waals surface area contributed by atoms with Gasteiger partial charge in [-0.25, -0.2) is 4.39 Å². The second-order valence-corrected chi connectivity index (χ2v) is 11.5. The summed E-state index contributed by atoms with van der Waals surface area (Å²) in [7, 11) is 4.32. The number of rotatable bonds is 5. The summed E-state index contributed by atoms with van der Waals surface area (Å²) < 4.78 is 13.9. The van der Waals surface area contributed by atoms with Gasteiger partial charge in [-0.3, -0.25) is 9.80 Å². The minimum atomic E-state index is -1.14. The molecule has 2 aromatic heterocycles. The number of H-pyrrole nitrogens is 2. The van der Waals surface area contributed by atoms with E-state index in [1.807, 2.05) is 0 Å². The average molecular weight is 490 g/mol. The number of nitrogens with one attached hydrogen (secondary N) is 2. The number of alkyl halides is 1. The zero-order valence-electron chi connectivity index (χ0n) is 22.3. The molecule has 2 aliphatic heterocycles. The predicted molar refractivity (Wildman–Crippen MR) is 148 cm³/mol. The molecule has 0 amide bonds. The Bertz CT molecular complexity index is 1270. The Hall–Kier alpha value is -2.67. The molecule has 0 bridgehead atoms. The lowest BCUT2D eigenvalue weighted by Crippen LogP contribution is -2.56. The number of hydrogen-bond acceptors (Lipinski definition) is 3. The van der Waals surface area contributed by atoms with Crippen LogP contribution < -0.4 is 0 Å². The summed E-state index contributed by atoms with van der Waals surface area (Å²) >= 11 is 0. The number of hydrogen-bond donors (Lipinski definition) is 2. The fourth-order valence-electron chi connectivity index (χ4n) is 5.56. The molecular formula is C30H40FN5. The fourth-order valence-corrected chi connectivity index (χ4v) is 5.56. The van der Waals surface area contributed by atoms with E-state index < -0.39 is 5.67 Å². The number of aromatic nitrogens is 2. The monoisotopic (exact) mass is 489 g/mol. The van der Waals surface area contributed by atoms with Crippen molar-refractivity contribution >= 4 is 21.8 Å². The van der Waals surface area contributed by atoms with Crippen molar-refractivity contribution in [3.63, 3.8) is 0 Å². The predicted octanol–water partition coefficient (Wildman–Crippen LogP) is 5.58. The molecule has 0 spiro atoms. The maximum absolute atomic E-state index is 13.9. The molecule has 1 atom stereocenters. The van der Waals surface area contributed by atoms with Crippen molar-refractivity contribution < 1.29 is 4.39 Å². The number of halogens is 1. The highest BCUT2D eigenvalue weighted by atomic mass is 19.1. The summed E-state index contributed by atoms with van der Waals surface area (Å²) in [5.41, 5.74) is 5.29. The lowest BCUT2D eigenvalue weighted by molar-refractivity contribution is 0.0565. The topological polar surface area (TPSA) is 41.3 Å². The highest BCUT2D eigenvalue weighted by Crippen LogP contribution is 2.31. The van der Waals surface area contributed by atoms with Gasteiger partial charge in [-0.2, -0.15) is 0 Å². The van der Waals surface area contributed by atoms with Gasteiger partial charge >= 0.3 is 0 Å². The molecule has 4 aromatic rings. The van der Waals surface area contributed by atoms with Crippen LogP contribution in [0, 0.1) is 0 Å². The summed E-state index contributed by atoms with van der Waals surface area (Å²) in [4.78, 5) is 14.0. The molecule has 0 saturated carbocycles. The van der Waals surface area contributed by atoms with Gasteiger partial charge in [0.05, 0.1) is 0 Å². The van der Waals surface area contributed by atoms with Crippen molar-refractivity contribution in [3.05, 3.63) is 71.5 Å². The van der Waals surface area contributed by atoms with Crippen LogP contribution >= 0.6 is 0 Å². The first-order valence-electron chi connectivity index (χ1n) is 13.1. The quantitative estimate of drug-likeness (QED) is 0.385. The summed E-state index contributed by atoms with van der Waals surface area (Å²) in [5, 5.41) is 2.63. The normalized spacial score (nSPS) is 19.4. The van der Waals surface area contributed by atoms with Gasteiger partial charge in [0.1, 0.15) is 5.67 Å². The number of fused-ring (bicyclic) bond motifs is 4. The molecule has 6 rings (SSSR count). The van der Waals surface area contributed by atoms with Crippen LogP contribution in [-0.4, -0.2) is 76.1 Å². The van der Waals surface area contributed by atoms with Gasteiger partial charge in [0, 0.05) is 72.6 Å². The summed E-state index contributed by atoms with van der Waals surface area (Å²) in [6.07, 6.45) is 0.995. The Morgan fingerprint density at radius 1 is 1.00 bits per heavy atom. The molecule has 192 valence electrons.